The van der Waals surface area contributed by atoms with Gasteiger partial charge in [0.1, 0.15) is 16.7 Å². The standard InChI is InChI=1S/C17H17F3N2O5/c1-17(2,3)27-16(25)21(4)22-7-9(15(24)26-5)14(23)8-6-10(18)11(19)12(20)13(8)22/h6-7H,1-5H3. The number of fused-ring (bicyclic) bond motifs is 1. The summed E-state index contributed by atoms with van der Waals surface area (Å²) in [5.74, 6) is -6.25. The molecule has 0 saturated carbocycles. The number of benzene rings is 1. The van der Waals surface area contributed by atoms with E-state index in [-0.39, 0.29) is 0 Å². The SMILES string of the molecule is COC(=O)c1cn(N(C)C(=O)OC(C)(C)C)c2c(F)c(F)c(F)cc2c1=O. The minimum atomic E-state index is -1.83. The van der Waals surface area contributed by atoms with Crippen molar-refractivity contribution in [1.29, 1.82) is 0 Å². The Bertz CT molecular complexity index is 995. The predicted octanol–water partition coefficient (Wildman–Crippen LogP) is 2.71. The normalized spacial score (nSPS) is 11.4. The van der Waals surface area contributed by atoms with Gasteiger partial charge >= 0.3 is 12.1 Å². The van der Waals surface area contributed by atoms with Crippen LogP contribution in [0.25, 0.3) is 10.9 Å². The van der Waals surface area contributed by atoms with Crippen molar-refractivity contribution in [2.75, 3.05) is 19.2 Å². The van der Waals surface area contributed by atoms with Gasteiger partial charge < -0.3 is 9.47 Å². The number of methoxy groups -OCH3 is 1. The maximum atomic E-state index is 14.4. The molecule has 0 aliphatic rings. The van der Waals surface area contributed by atoms with Crippen molar-refractivity contribution >= 4 is 23.0 Å². The fraction of sp³-hybridized carbons (Fsp3) is 0.353. The number of pyridine rings is 1. The molecule has 0 bridgehead atoms. The lowest BCUT2D eigenvalue weighted by Crippen LogP contribution is -2.42. The van der Waals surface area contributed by atoms with Crippen LogP contribution in [0.3, 0.4) is 0 Å². The molecule has 27 heavy (non-hydrogen) atoms. The molecule has 0 saturated heterocycles. The summed E-state index contributed by atoms with van der Waals surface area (Å²) in [5, 5.41) is 0.0598. The molecule has 2 aromatic rings. The fourth-order valence-electron chi connectivity index (χ4n) is 2.28. The van der Waals surface area contributed by atoms with Crippen LogP contribution in [-0.4, -0.2) is 36.5 Å². The quantitative estimate of drug-likeness (QED) is 0.586. The van der Waals surface area contributed by atoms with Crippen LogP contribution in [-0.2, 0) is 9.47 Å². The summed E-state index contributed by atoms with van der Waals surface area (Å²) in [7, 11) is 2.14. The zero-order chi connectivity index (χ0) is 20.7. The van der Waals surface area contributed by atoms with Crippen LogP contribution < -0.4 is 10.4 Å². The maximum absolute atomic E-state index is 14.4. The molecule has 0 aliphatic carbocycles. The van der Waals surface area contributed by atoms with Gasteiger partial charge in [-0.1, -0.05) is 0 Å². The van der Waals surface area contributed by atoms with E-state index in [1.807, 2.05) is 0 Å². The highest BCUT2D eigenvalue weighted by atomic mass is 19.2. The number of amides is 1. The maximum Gasteiger partial charge on any atom is 0.429 e. The van der Waals surface area contributed by atoms with Gasteiger partial charge in [-0.25, -0.2) is 27.8 Å². The summed E-state index contributed by atoms with van der Waals surface area (Å²) in [6.45, 7) is 4.74. The van der Waals surface area contributed by atoms with Crippen molar-refractivity contribution in [2.24, 2.45) is 0 Å². The average molecular weight is 386 g/mol. The van der Waals surface area contributed by atoms with Crippen LogP contribution in [0.4, 0.5) is 18.0 Å². The summed E-state index contributed by atoms with van der Waals surface area (Å²) < 4.78 is 52.1. The average Bonchev–Trinajstić information content (AvgIpc) is 2.57. The van der Waals surface area contributed by atoms with Crippen LogP contribution in [0.5, 0.6) is 0 Å². The van der Waals surface area contributed by atoms with E-state index < -0.39 is 57.0 Å². The van der Waals surface area contributed by atoms with Crippen LogP contribution in [0.2, 0.25) is 0 Å². The fourth-order valence-corrected chi connectivity index (χ4v) is 2.28. The van der Waals surface area contributed by atoms with Gasteiger partial charge in [0.2, 0.25) is 5.43 Å². The number of carbonyl (C=O) groups excluding carboxylic acids is 2. The molecule has 0 atom stereocenters. The Hall–Kier alpha value is -3.04. The van der Waals surface area contributed by atoms with Crippen LogP contribution in [0, 0.1) is 17.5 Å². The van der Waals surface area contributed by atoms with E-state index in [2.05, 4.69) is 4.74 Å². The Balaban J connectivity index is 2.86. The van der Waals surface area contributed by atoms with Gasteiger partial charge in [0.05, 0.1) is 12.5 Å². The van der Waals surface area contributed by atoms with Crippen molar-refractivity contribution in [1.82, 2.24) is 4.68 Å². The molecule has 1 heterocycles. The minimum Gasteiger partial charge on any atom is -0.465 e. The summed E-state index contributed by atoms with van der Waals surface area (Å²) in [4.78, 5) is 36.6. The van der Waals surface area contributed by atoms with Gasteiger partial charge in [-0.15, -0.1) is 0 Å². The number of carbonyl (C=O) groups is 2. The van der Waals surface area contributed by atoms with E-state index in [9.17, 15) is 27.6 Å². The lowest BCUT2D eigenvalue weighted by Gasteiger charge is -2.27. The third-order valence-electron chi connectivity index (χ3n) is 3.49. The molecule has 0 radical (unpaired) electrons. The molecular formula is C17H17F3N2O5. The molecule has 146 valence electrons. The number of esters is 1. The van der Waals surface area contributed by atoms with Crippen LogP contribution in [0.1, 0.15) is 31.1 Å². The first-order valence-electron chi connectivity index (χ1n) is 7.67. The Kier molecular flexibility index (Phi) is 5.21. The predicted molar refractivity (Wildman–Crippen MR) is 89.8 cm³/mol. The zero-order valence-corrected chi connectivity index (χ0v) is 15.2. The number of halogens is 3. The first-order chi connectivity index (χ1) is 12.4. The van der Waals surface area contributed by atoms with Crippen molar-refractivity contribution in [3.8, 4) is 0 Å². The van der Waals surface area contributed by atoms with Gasteiger partial charge in [0, 0.05) is 13.2 Å². The highest BCUT2D eigenvalue weighted by Gasteiger charge is 2.27. The Morgan fingerprint density at radius 2 is 1.74 bits per heavy atom. The topological polar surface area (TPSA) is 77.8 Å². The molecule has 10 heteroatoms. The molecule has 0 aliphatic heterocycles. The summed E-state index contributed by atoms with van der Waals surface area (Å²) in [6.07, 6.45) is -0.201. The van der Waals surface area contributed by atoms with Crippen molar-refractivity contribution < 1.29 is 32.2 Å². The molecule has 0 spiro atoms. The first-order valence-corrected chi connectivity index (χ1v) is 7.67. The van der Waals surface area contributed by atoms with E-state index >= 15 is 0 Å². The van der Waals surface area contributed by atoms with E-state index in [0.29, 0.717) is 15.8 Å². The summed E-state index contributed by atoms with van der Waals surface area (Å²) in [6, 6.07) is 0.446. The molecule has 1 aromatic carbocycles. The van der Waals surface area contributed by atoms with E-state index in [1.54, 1.807) is 20.8 Å². The number of ether oxygens (including phenoxy) is 2. The lowest BCUT2D eigenvalue weighted by atomic mass is 10.1. The van der Waals surface area contributed by atoms with Crippen molar-refractivity contribution in [3.63, 3.8) is 0 Å². The number of aromatic nitrogens is 1. The minimum absolute atomic E-state index is 0.446. The summed E-state index contributed by atoms with van der Waals surface area (Å²) in [5.41, 5.74) is -3.34. The van der Waals surface area contributed by atoms with Crippen LogP contribution >= 0.6 is 0 Å². The first kappa shape index (κ1) is 20.3. The van der Waals surface area contributed by atoms with Gasteiger partial charge in [0.15, 0.2) is 17.5 Å². The third kappa shape index (κ3) is 3.74. The summed E-state index contributed by atoms with van der Waals surface area (Å²) >= 11 is 0. The molecule has 0 N–H and O–H groups in total. The van der Waals surface area contributed by atoms with Gasteiger partial charge in [-0.3, -0.25) is 9.47 Å². The van der Waals surface area contributed by atoms with Gasteiger partial charge in [-0.2, -0.15) is 0 Å². The second kappa shape index (κ2) is 6.93. The van der Waals surface area contributed by atoms with Crippen LogP contribution in [0.15, 0.2) is 17.1 Å². The van der Waals surface area contributed by atoms with Crippen molar-refractivity contribution in [3.05, 3.63) is 45.5 Å². The number of hydrogen-bond acceptors (Lipinski definition) is 5. The van der Waals surface area contributed by atoms with Crippen molar-refractivity contribution in [2.45, 2.75) is 26.4 Å². The van der Waals surface area contributed by atoms with E-state index in [0.717, 1.165) is 20.4 Å². The molecular weight excluding hydrogens is 369 g/mol. The Morgan fingerprint density at radius 1 is 1.15 bits per heavy atom. The molecule has 0 fully saturated rings. The highest BCUT2D eigenvalue weighted by Crippen LogP contribution is 2.22. The van der Waals surface area contributed by atoms with Gasteiger partial charge in [0.25, 0.3) is 0 Å². The number of rotatable bonds is 2. The molecule has 1 amide bonds. The van der Waals surface area contributed by atoms with Gasteiger partial charge in [-0.05, 0) is 26.8 Å². The lowest BCUT2D eigenvalue weighted by molar-refractivity contribution is 0.0545. The third-order valence-corrected chi connectivity index (χ3v) is 3.49. The van der Waals surface area contributed by atoms with E-state index in [4.69, 9.17) is 4.74 Å². The highest BCUT2D eigenvalue weighted by molar-refractivity contribution is 5.94. The smallest absolute Gasteiger partial charge is 0.429 e. The number of hydrogen-bond donors (Lipinski definition) is 0. The second-order valence-corrected chi connectivity index (χ2v) is 6.59. The monoisotopic (exact) mass is 386 g/mol. The number of nitrogens with zero attached hydrogens (tertiary/aromatic N) is 2. The second-order valence-electron chi connectivity index (χ2n) is 6.59. The molecule has 7 nitrogen and oxygen atoms in total. The molecule has 0 unspecified atom stereocenters. The largest absolute Gasteiger partial charge is 0.465 e. The van der Waals surface area contributed by atoms with E-state index in [1.165, 1.54) is 0 Å². The molecule has 2 rings (SSSR count). The zero-order valence-electron chi connectivity index (χ0n) is 15.2. The Labute approximate surface area is 151 Å². The Morgan fingerprint density at radius 3 is 2.26 bits per heavy atom. The molecule has 1 aromatic heterocycles.